The van der Waals surface area contributed by atoms with Gasteiger partial charge in [0.05, 0.1) is 17.8 Å². The lowest BCUT2D eigenvalue weighted by Gasteiger charge is -2.34. The quantitative estimate of drug-likeness (QED) is 0.555. The highest BCUT2D eigenvalue weighted by Crippen LogP contribution is 2.40. The Morgan fingerprint density at radius 3 is 2.65 bits per heavy atom. The first-order chi connectivity index (χ1) is 15.0. The van der Waals surface area contributed by atoms with E-state index in [0.29, 0.717) is 18.1 Å². The zero-order valence-corrected chi connectivity index (χ0v) is 18.4. The minimum Gasteiger partial charge on any atom is -0.462 e. The number of ether oxygens (including phenoxy) is 1. The zero-order chi connectivity index (χ0) is 21.5. The van der Waals surface area contributed by atoms with E-state index in [2.05, 4.69) is 46.0 Å². The van der Waals surface area contributed by atoms with E-state index in [9.17, 15) is 4.79 Å². The molecule has 3 aromatic rings. The smallest absolute Gasteiger partial charge is 0.341 e. The maximum Gasteiger partial charge on any atom is 0.341 e. The molecular formula is C24H28N4O3. The van der Waals surface area contributed by atoms with E-state index in [1.807, 2.05) is 6.92 Å². The van der Waals surface area contributed by atoms with Crippen molar-refractivity contribution in [2.45, 2.75) is 58.3 Å². The van der Waals surface area contributed by atoms with Gasteiger partial charge in [-0.15, -0.1) is 0 Å². The molecule has 162 valence electrons. The molecule has 0 bridgehead atoms. The number of carbonyl (C=O) groups excluding carboxylic acids is 1. The molecule has 0 radical (unpaired) electrons. The summed E-state index contributed by atoms with van der Waals surface area (Å²) in [5.74, 6) is 2.07. The van der Waals surface area contributed by atoms with Gasteiger partial charge in [0.25, 0.3) is 0 Å². The van der Waals surface area contributed by atoms with Gasteiger partial charge in [-0.2, -0.15) is 4.98 Å². The Morgan fingerprint density at radius 1 is 1.16 bits per heavy atom. The van der Waals surface area contributed by atoms with Gasteiger partial charge in [0.15, 0.2) is 5.82 Å². The molecule has 1 aliphatic heterocycles. The second-order valence-corrected chi connectivity index (χ2v) is 8.75. The number of benzene rings is 1. The van der Waals surface area contributed by atoms with E-state index in [4.69, 9.17) is 9.26 Å². The van der Waals surface area contributed by atoms with Gasteiger partial charge in [-0.25, -0.2) is 4.79 Å². The molecule has 31 heavy (non-hydrogen) atoms. The zero-order valence-electron chi connectivity index (χ0n) is 18.4. The molecule has 3 heterocycles. The minimum absolute atomic E-state index is 0.287. The number of piperidine rings is 1. The number of carbonyl (C=O) groups is 1. The summed E-state index contributed by atoms with van der Waals surface area (Å²) < 4.78 is 10.8. The normalized spacial score (nSPS) is 17.3. The van der Waals surface area contributed by atoms with E-state index in [0.717, 1.165) is 78.2 Å². The number of aromatic nitrogens is 3. The number of pyridine rings is 1. The van der Waals surface area contributed by atoms with E-state index >= 15 is 0 Å². The molecule has 1 aliphatic carbocycles. The van der Waals surface area contributed by atoms with Gasteiger partial charge in [-0.1, -0.05) is 16.8 Å². The van der Waals surface area contributed by atoms with Crippen LogP contribution < -0.4 is 4.90 Å². The number of anilines is 1. The molecule has 1 aromatic carbocycles. The largest absolute Gasteiger partial charge is 0.462 e. The number of hydrogen-bond acceptors (Lipinski definition) is 7. The van der Waals surface area contributed by atoms with Crippen molar-refractivity contribution in [1.29, 1.82) is 0 Å². The van der Waals surface area contributed by atoms with Crippen LogP contribution in [0.5, 0.6) is 0 Å². The highest BCUT2D eigenvalue weighted by Gasteiger charge is 2.33. The molecule has 1 saturated heterocycles. The van der Waals surface area contributed by atoms with E-state index in [1.54, 1.807) is 6.20 Å². The predicted molar refractivity (Wildman–Crippen MR) is 118 cm³/mol. The van der Waals surface area contributed by atoms with Crippen LogP contribution in [0.2, 0.25) is 0 Å². The highest BCUT2D eigenvalue weighted by atomic mass is 16.5. The van der Waals surface area contributed by atoms with Crippen molar-refractivity contribution in [3.05, 3.63) is 46.7 Å². The van der Waals surface area contributed by atoms with Crippen LogP contribution in [0, 0.1) is 13.8 Å². The molecule has 0 atom stereocenters. The average Bonchev–Trinajstić information content (AvgIpc) is 3.50. The molecule has 2 aromatic heterocycles. The standard InChI is InChI=1S/C24H28N4O3/c1-4-30-24(29)19-13-25-20-15(3)11-14(2)12-18(20)21(19)28-9-7-16(8-10-28)22-26-23(31-27-22)17-5-6-17/h11-13,16-17H,4-10H2,1-3H3. The first kappa shape index (κ1) is 20.0. The molecule has 5 rings (SSSR count). The van der Waals surface area contributed by atoms with Crippen molar-refractivity contribution in [2.24, 2.45) is 0 Å². The number of hydrogen-bond donors (Lipinski definition) is 0. The van der Waals surface area contributed by atoms with Gasteiger partial charge >= 0.3 is 5.97 Å². The van der Waals surface area contributed by atoms with Crippen LogP contribution in [0.4, 0.5) is 5.69 Å². The van der Waals surface area contributed by atoms with Gasteiger partial charge in [0.1, 0.15) is 5.56 Å². The van der Waals surface area contributed by atoms with Crippen molar-refractivity contribution in [1.82, 2.24) is 15.1 Å². The summed E-state index contributed by atoms with van der Waals surface area (Å²) in [6.45, 7) is 7.94. The van der Waals surface area contributed by atoms with Crippen molar-refractivity contribution in [3.8, 4) is 0 Å². The Kier molecular flexibility index (Phi) is 5.12. The summed E-state index contributed by atoms with van der Waals surface area (Å²) in [5.41, 5.74) is 4.67. The summed E-state index contributed by atoms with van der Waals surface area (Å²) in [5, 5.41) is 5.26. The second kappa shape index (κ2) is 7.94. The Morgan fingerprint density at radius 2 is 1.94 bits per heavy atom. The average molecular weight is 421 g/mol. The Labute approximate surface area is 181 Å². The fourth-order valence-electron chi connectivity index (χ4n) is 4.62. The van der Waals surface area contributed by atoms with Crippen LogP contribution in [0.25, 0.3) is 10.9 Å². The maximum atomic E-state index is 12.8. The monoisotopic (exact) mass is 420 g/mol. The van der Waals surface area contributed by atoms with Crippen LogP contribution in [-0.2, 0) is 4.74 Å². The molecule has 2 fully saturated rings. The molecule has 0 amide bonds. The van der Waals surface area contributed by atoms with E-state index in [-0.39, 0.29) is 11.9 Å². The van der Waals surface area contributed by atoms with Crippen molar-refractivity contribution < 1.29 is 14.1 Å². The van der Waals surface area contributed by atoms with Gasteiger partial charge in [0.2, 0.25) is 5.89 Å². The molecular weight excluding hydrogens is 392 g/mol. The number of rotatable bonds is 5. The molecule has 0 spiro atoms. The number of nitrogens with zero attached hydrogens (tertiary/aromatic N) is 4. The fraction of sp³-hybridized carbons (Fsp3) is 0.500. The molecule has 0 unspecified atom stereocenters. The third kappa shape index (κ3) is 3.77. The van der Waals surface area contributed by atoms with Crippen LogP contribution in [-0.4, -0.2) is 40.8 Å². The van der Waals surface area contributed by atoms with E-state index in [1.165, 1.54) is 0 Å². The summed E-state index contributed by atoms with van der Waals surface area (Å²) in [6.07, 6.45) is 5.82. The number of aryl methyl sites for hydroxylation is 2. The minimum atomic E-state index is -0.319. The summed E-state index contributed by atoms with van der Waals surface area (Å²) in [4.78, 5) is 24.3. The van der Waals surface area contributed by atoms with Crippen LogP contribution in [0.1, 0.15) is 77.6 Å². The lowest BCUT2D eigenvalue weighted by atomic mass is 9.94. The first-order valence-electron chi connectivity index (χ1n) is 11.2. The molecule has 7 nitrogen and oxygen atoms in total. The van der Waals surface area contributed by atoms with Crippen LogP contribution in [0.15, 0.2) is 22.9 Å². The molecule has 2 aliphatic rings. The Balaban J connectivity index is 1.46. The molecule has 1 saturated carbocycles. The van der Waals surface area contributed by atoms with Gasteiger partial charge in [-0.05, 0) is 58.1 Å². The van der Waals surface area contributed by atoms with Gasteiger partial charge in [-0.3, -0.25) is 4.98 Å². The van der Waals surface area contributed by atoms with Crippen LogP contribution >= 0.6 is 0 Å². The lowest BCUT2D eigenvalue weighted by molar-refractivity contribution is 0.0526. The summed E-state index contributed by atoms with van der Waals surface area (Å²) in [6, 6.07) is 4.25. The Hall–Kier alpha value is -2.96. The first-order valence-corrected chi connectivity index (χ1v) is 11.2. The fourth-order valence-corrected chi connectivity index (χ4v) is 4.62. The van der Waals surface area contributed by atoms with Gasteiger partial charge in [0, 0.05) is 36.5 Å². The maximum absolute atomic E-state index is 12.8. The number of fused-ring (bicyclic) bond motifs is 1. The lowest BCUT2D eigenvalue weighted by Crippen LogP contribution is -2.34. The van der Waals surface area contributed by atoms with Crippen molar-refractivity contribution >= 4 is 22.6 Å². The number of esters is 1. The van der Waals surface area contributed by atoms with E-state index < -0.39 is 0 Å². The van der Waals surface area contributed by atoms with Gasteiger partial charge < -0.3 is 14.2 Å². The van der Waals surface area contributed by atoms with Crippen molar-refractivity contribution in [2.75, 3.05) is 24.6 Å². The SMILES string of the molecule is CCOC(=O)c1cnc2c(C)cc(C)cc2c1N1CCC(c2noc(C3CC3)n2)CC1. The molecule has 0 N–H and O–H groups in total. The third-order valence-electron chi connectivity index (χ3n) is 6.33. The summed E-state index contributed by atoms with van der Waals surface area (Å²) >= 11 is 0. The molecule has 7 heteroatoms. The second-order valence-electron chi connectivity index (χ2n) is 8.75. The van der Waals surface area contributed by atoms with Crippen molar-refractivity contribution in [3.63, 3.8) is 0 Å². The topological polar surface area (TPSA) is 81.4 Å². The Bertz CT molecular complexity index is 1130. The third-order valence-corrected chi connectivity index (χ3v) is 6.33. The highest BCUT2D eigenvalue weighted by molar-refractivity contribution is 6.06. The predicted octanol–water partition coefficient (Wildman–Crippen LogP) is 4.67. The van der Waals surface area contributed by atoms with Crippen LogP contribution in [0.3, 0.4) is 0 Å². The summed E-state index contributed by atoms with van der Waals surface area (Å²) in [7, 11) is 0.